The molecule has 1 amide bonds. The third-order valence-electron chi connectivity index (χ3n) is 3.50. The fourth-order valence-electron chi connectivity index (χ4n) is 2.25. The van der Waals surface area contributed by atoms with Crippen LogP contribution in [-0.4, -0.2) is 56.0 Å². The van der Waals surface area contributed by atoms with E-state index in [0.717, 1.165) is 6.26 Å². The number of nitrogens with zero attached hydrogens (tertiary/aromatic N) is 3. The van der Waals surface area contributed by atoms with Gasteiger partial charge in [-0.3, -0.25) is 4.79 Å². The average Bonchev–Trinajstić information content (AvgIpc) is 2.52. The van der Waals surface area contributed by atoms with Crippen molar-refractivity contribution in [3.8, 4) is 6.07 Å². The number of nitrogens with one attached hydrogen (secondary N) is 1. The van der Waals surface area contributed by atoms with Crippen LogP contribution in [0.4, 0.5) is 5.69 Å². The molecule has 0 radical (unpaired) electrons. The molecule has 0 saturated carbocycles. The Morgan fingerprint density at radius 3 is 2.54 bits per heavy atom. The number of benzene rings is 1. The average molecular weight is 369 g/mol. The lowest BCUT2D eigenvalue weighted by Gasteiger charge is -2.32. The number of rotatable bonds is 4. The number of amides is 1. The van der Waals surface area contributed by atoms with Crippen molar-refractivity contribution in [1.29, 1.82) is 5.26 Å². The number of hydrogen-bond acceptors (Lipinski definition) is 5. The zero-order valence-corrected chi connectivity index (χ0v) is 14.6. The predicted molar refractivity (Wildman–Crippen MR) is 91.8 cm³/mol. The van der Waals surface area contributed by atoms with Gasteiger partial charge in [-0.1, -0.05) is 17.7 Å². The number of sulfonamides is 1. The van der Waals surface area contributed by atoms with E-state index >= 15 is 0 Å². The number of carbonyl (C=O) groups excluding carboxylic acids is 1. The molecule has 9 heteroatoms. The maximum absolute atomic E-state index is 12.2. The van der Waals surface area contributed by atoms with E-state index in [1.165, 1.54) is 10.5 Å². The van der Waals surface area contributed by atoms with Gasteiger partial charge < -0.3 is 10.2 Å². The largest absolute Gasteiger partial charge is 0.373 e. The predicted octanol–water partition coefficient (Wildman–Crippen LogP) is 1.26. The first kappa shape index (κ1) is 18.3. The van der Waals surface area contributed by atoms with Gasteiger partial charge in [0.1, 0.15) is 11.6 Å². The molecule has 1 aromatic rings. The Bertz CT molecular complexity index is 793. The molecule has 2 rings (SSSR count). The minimum absolute atomic E-state index is 0.0530. The molecule has 1 aliphatic heterocycles. The van der Waals surface area contributed by atoms with Crippen LogP contribution in [0, 0.1) is 11.3 Å². The summed E-state index contributed by atoms with van der Waals surface area (Å²) in [6.07, 6.45) is 2.62. The van der Waals surface area contributed by atoms with Gasteiger partial charge in [-0.25, -0.2) is 8.42 Å². The summed E-state index contributed by atoms with van der Waals surface area (Å²) in [5.41, 5.74) is 0.443. The van der Waals surface area contributed by atoms with Crippen LogP contribution in [-0.2, 0) is 14.8 Å². The summed E-state index contributed by atoms with van der Waals surface area (Å²) >= 11 is 5.85. The molecule has 0 bridgehead atoms. The van der Waals surface area contributed by atoms with Crippen LogP contribution in [0.5, 0.6) is 0 Å². The second-order valence-corrected chi connectivity index (χ2v) is 7.74. The standard InChI is InChI=1S/C15H17ClN4O3S/c1-24(22,23)20-7-5-19(6-8-20)11-12(10-17)15(21)18-14-4-2-3-13(16)9-14/h2-4,9,11H,5-8H2,1H3,(H,18,21)/b12-11-. The fraction of sp³-hybridized carbons (Fsp3) is 0.333. The first-order chi connectivity index (χ1) is 11.3. The Morgan fingerprint density at radius 1 is 1.33 bits per heavy atom. The summed E-state index contributed by atoms with van der Waals surface area (Å²) in [6, 6.07) is 8.49. The van der Waals surface area contributed by atoms with Crippen molar-refractivity contribution in [2.75, 3.05) is 37.8 Å². The van der Waals surface area contributed by atoms with E-state index in [9.17, 15) is 18.5 Å². The molecular formula is C15H17ClN4O3S. The lowest BCUT2D eigenvalue weighted by atomic mass is 10.2. The first-order valence-electron chi connectivity index (χ1n) is 7.17. The zero-order chi connectivity index (χ0) is 17.7. The molecule has 1 saturated heterocycles. The highest BCUT2D eigenvalue weighted by molar-refractivity contribution is 7.88. The van der Waals surface area contributed by atoms with Gasteiger partial charge in [-0.2, -0.15) is 9.57 Å². The van der Waals surface area contributed by atoms with Gasteiger partial charge in [0.25, 0.3) is 5.91 Å². The van der Waals surface area contributed by atoms with Crippen LogP contribution < -0.4 is 5.32 Å². The number of nitriles is 1. The molecule has 1 fully saturated rings. The Hall–Kier alpha value is -2.08. The number of piperazine rings is 1. The summed E-state index contributed by atoms with van der Waals surface area (Å²) in [6.45, 7) is 1.49. The van der Waals surface area contributed by atoms with Gasteiger partial charge in [-0.05, 0) is 18.2 Å². The van der Waals surface area contributed by atoms with Gasteiger partial charge in [0.15, 0.2) is 0 Å². The lowest BCUT2D eigenvalue weighted by Crippen LogP contribution is -2.46. The Labute approximate surface area is 146 Å². The lowest BCUT2D eigenvalue weighted by molar-refractivity contribution is -0.112. The van der Waals surface area contributed by atoms with Gasteiger partial charge in [0, 0.05) is 43.1 Å². The van der Waals surface area contributed by atoms with E-state index in [-0.39, 0.29) is 5.57 Å². The van der Waals surface area contributed by atoms with Crippen molar-refractivity contribution in [3.05, 3.63) is 41.1 Å². The molecular weight excluding hydrogens is 352 g/mol. The van der Waals surface area contributed by atoms with Crippen molar-refractivity contribution in [2.24, 2.45) is 0 Å². The third kappa shape index (κ3) is 4.96. The summed E-state index contributed by atoms with van der Waals surface area (Å²) in [7, 11) is -3.22. The van der Waals surface area contributed by atoms with Crippen molar-refractivity contribution in [2.45, 2.75) is 0 Å². The van der Waals surface area contributed by atoms with E-state index < -0.39 is 15.9 Å². The molecule has 1 aromatic carbocycles. The Morgan fingerprint density at radius 2 is 2.00 bits per heavy atom. The van der Waals surface area contributed by atoms with E-state index in [2.05, 4.69) is 5.32 Å². The highest BCUT2D eigenvalue weighted by Crippen LogP contribution is 2.16. The van der Waals surface area contributed by atoms with Crippen LogP contribution in [0.2, 0.25) is 5.02 Å². The molecule has 0 atom stereocenters. The number of carbonyl (C=O) groups is 1. The highest BCUT2D eigenvalue weighted by Gasteiger charge is 2.23. The molecule has 0 aliphatic carbocycles. The summed E-state index contributed by atoms with van der Waals surface area (Å²) in [5.74, 6) is -0.537. The second-order valence-electron chi connectivity index (χ2n) is 5.32. The molecule has 1 N–H and O–H groups in total. The van der Waals surface area contributed by atoms with E-state index in [4.69, 9.17) is 11.6 Å². The van der Waals surface area contributed by atoms with Crippen molar-refractivity contribution in [3.63, 3.8) is 0 Å². The van der Waals surface area contributed by atoms with Crippen LogP contribution in [0.1, 0.15) is 0 Å². The van der Waals surface area contributed by atoms with Crippen LogP contribution >= 0.6 is 11.6 Å². The second kappa shape index (κ2) is 7.66. The van der Waals surface area contributed by atoms with Crippen molar-refractivity contribution >= 4 is 33.2 Å². The normalized spacial score (nSPS) is 16.5. The van der Waals surface area contributed by atoms with Crippen LogP contribution in [0.3, 0.4) is 0 Å². The number of halogens is 1. The van der Waals surface area contributed by atoms with Gasteiger partial charge in [0.2, 0.25) is 10.0 Å². The molecule has 0 unspecified atom stereocenters. The highest BCUT2D eigenvalue weighted by atomic mass is 35.5. The zero-order valence-electron chi connectivity index (χ0n) is 13.1. The molecule has 1 heterocycles. The summed E-state index contributed by atoms with van der Waals surface area (Å²) < 4.78 is 24.3. The SMILES string of the molecule is CS(=O)(=O)N1CCN(/C=C(/C#N)C(=O)Nc2cccc(Cl)c2)CC1. The van der Waals surface area contributed by atoms with Gasteiger partial charge >= 0.3 is 0 Å². The van der Waals surface area contributed by atoms with E-state index in [0.29, 0.717) is 36.9 Å². The maximum atomic E-state index is 12.2. The number of anilines is 1. The van der Waals surface area contributed by atoms with Crippen LogP contribution in [0.15, 0.2) is 36.0 Å². The van der Waals surface area contributed by atoms with Gasteiger partial charge in [0.05, 0.1) is 6.26 Å². The molecule has 7 nitrogen and oxygen atoms in total. The molecule has 128 valence electrons. The smallest absolute Gasteiger partial charge is 0.267 e. The molecule has 0 aromatic heterocycles. The molecule has 0 spiro atoms. The van der Waals surface area contributed by atoms with Gasteiger partial charge in [-0.15, -0.1) is 0 Å². The van der Waals surface area contributed by atoms with Crippen LogP contribution in [0.25, 0.3) is 0 Å². The van der Waals surface area contributed by atoms with Crippen molar-refractivity contribution < 1.29 is 13.2 Å². The fourth-order valence-corrected chi connectivity index (χ4v) is 3.27. The minimum Gasteiger partial charge on any atom is -0.373 e. The van der Waals surface area contributed by atoms with E-state index in [1.54, 1.807) is 29.2 Å². The molecule has 24 heavy (non-hydrogen) atoms. The summed E-state index contributed by atoms with van der Waals surface area (Å²) in [4.78, 5) is 13.9. The number of hydrogen-bond donors (Lipinski definition) is 1. The Balaban J connectivity index is 2.02. The third-order valence-corrected chi connectivity index (χ3v) is 5.04. The van der Waals surface area contributed by atoms with E-state index in [1.807, 2.05) is 6.07 Å². The quantitative estimate of drug-likeness (QED) is 0.638. The minimum atomic E-state index is -3.22. The maximum Gasteiger partial charge on any atom is 0.267 e. The molecule has 1 aliphatic rings. The van der Waals surface area contributed by atoms with Crippen molar-refractivity contribution in [1.82, 2.24) is 9.21 Å². The first-order valence-corrected chi connectivity index (χ1v) is 9.40. The topological polar surface area (TPSA) is 93.5 Å². The monoisotopic (exact) mass is 368 g/mol. The Kier molecular flexibility index (Phi) is 5.83. The summed E-state index contributed by atoms with van der Waals surface area (Å²) in [5, 5.41) is 12.3.